The van der Waals surface area contributed by atoms with E-state index in [-0.39, 0.29) is 0 Å². The van der Waals surface area contributed by atoms with Crippen molar-refractivity contribution in [3.05, 3.63) is 35.4 Å². The van der Waals surface area contributed by atoms with Crippen LogP contribution in [0.4, 0.5) is 0 Å². The topological polar surface area (TPSA) is 43.1 Å². The molecule has 0 bridgehead atoms. The molecule has 0 saturated heterocycles. The first kappa shape index (κ1) is 15.3. The Kier molecular flexibility index (Phi) is 13.0. The minimum absolute atomic E-state index is 0.763. The molecule has 0 atom stereocenters. The second-order valence-corrected chi connectivity index (χ2v) is 2.22. The highest BCUT2D eigenvalue weighted by Crippen LogP contribution is 2.02. The predicted molar refractivity (Wildman–Crippen MR) is 62.7 cm³/mol. The van der Waals surface area contributed by atoms with Gasteiger partial charge in [-0.2, -0.15) is 0 Å². The number of rotatable bonds is 2. The lowest BCUT2D eigenvalue weighted by Crippen LogP contribution is -1.82. The third-order valence-corrected chi connectivity index (χ3v) is 1.50. The van der Waals surface area contributed by atoms with Crippen molar-refractivity contribution in [3.8, 4) is 0 Å². The Bertz CT molecular complexity index is 234. The van der Waals surface area contributed by atoms with Crippen molar-refractivity contribution in [2.75, 3.05) is 7.05 Å². The van der Waals surface area contributed by atoms with Crippen LogP contribution in [0.5, 0.6) is 0 Å². The molecule has 0 radical (unpaired) electrons. The number of hydrogen-bond acceptors (Lipinski definition) is 2. The number of carbonyl (C=O) groups excluding carboxylic acids is 1. The molecule has 14 heavy (non-hydrogen) atoms. The van der Waals surface area contributed by atoms with Gasteiger partial charge in [0, 0.05) is 5.56 Å². The molecule has 0 saturated carbocycles. The Morgan fingerprint density at radius 1 is 1.29 bits per heavy atom. The molecule has 0 heterocycles. The molecule has 0 fully saturated rings. The summed E-state index contributed by atoms with van der Waals surface area (Å²) in [6.07, 6.45) is 1.86. The molecule has 2 nitrogen and oxygen atoms in total. The van der Waals surface area contributed by atoms with Crippen molar-refractivity contribution in [2.24, 2.45) is 5.73 Å². The largest absolute Gasteiger partial charge is 0.333 e. The smallest absolute Gasteiger partial charge is 0.150 e. The van der Waals surface area contributed by atoms with E-state index in [0.29, 0.717) is 0 Å². The van der Waals surface area contributed by atoms with Gasteiger partial charge in [0.25, 0.3) is 0 Å². The minimum atomic E-state index is 0.763. The van der Waals surface area contributed by atoms with Crippen LogP contribution in [-0.4, -0.2) is 13.3 Å². The fourth-order valence-corrected chi connectivity index (χ4v) is 0.886. The molecule has 0 unspecified atom stereocenters. The Morgan fingerprint density at radius 2 is 1.86 bits per heavy atom. The standard InChI is InChI=1S/C9H10O.C2H6.CH5N/c1-2-8-4-3-5-9(6-8)7-10;2*1-2/h3-7H,2H2,1H3;1-2H3;2H2,1H3. The highest BCUT2D eigenvalue weighted by atomic mass is 16.1. The molecule has 1 aromatic carbocycles. The lowest BCUT2D eigenvalue weighted by Gasteiger charge is -1.94. The maximum absolute atomic E-state index is 10.3. The third kappa shape index (κ3) is 6.38. The summed E-state index contributed by atoms with van der Waals surface area (Å²) in [5, 5.41) is 0. The number of nitrogens with two attached hydrogens (primary N) is 1. The van der Waals surface area contributed by atoms with Crippen LogP contribution >= 0.6 is 0 Å². The molecule has 0 aliphatic heterocycles. The average Bonchev–Trinajstić information content (AvgIpc) is 2.34. The molecule has 0 aliphatic rings. The Balaban J connectivity index is 0. The fourth-order valence-electron chi connectivity index (χ4n) is 0.886. The lowest BCUT2D eigenvalue weighted by molar-refractivity contribution is 0.112. The summed E-state index contributed by atoms with van der Waals surface area (Å²) < 4.78 is 0. The van der Waals surface area contributed by atoms with E-state index in [2.05, 4.69) is 12.7 Å². The zero-order chi connectivity index (χ0) is 11.4. The van der Waals surface area contributed by atoms with E-state index < -0.39 is 0 Å². The number of carbonyl (C=O) groups is 1. The first-order valence-corrected chi connectivity index (χ1v) is 4.98. The number of aryl methyl sites for hydroxylation is 1. The molecule has 0 amide bonds. The molecule has 1 rings (SSSR count). The quantitative estimate of drug-likeness (QED) is 0.737. The summed E-state index contributed by atoms with van der Waals surface area (Å²) in [5.41, 5.74) is 6.48. The van der Waals surface area contributed by atoms with Gasteiger partial charge in [-0.15, -0.1) is 0 Å². The second kappa shape index (κ2) is 11.8. The zero-order valence-corrected chi connectivity index (χ0v) is 9.58. The van der Waals surface area contributed by atoms with Gasteiger partial charge in [-0.05, 0) is 25.1 Å². The number of aldehydes is 1. The van der Waals surface area contributed by atoms with Crippen LogP contribution in [-0.2, 0) is 6.42 Å². The fraction of sp³-hybridized carbons (Fsp3) is 0.417. The number of hydrogen-bond donors (Lipinski definition) is 1. The van der Waals surface area contributed by atoms with Crippen LogP contribution in [0.25, 0.3) is 0 Å². The maximum Gasteiger partial charge on any atom is 0.150 e. The van der Waals surface area contributed by atoms with E-state index in [4.69, 9.17) is 0 Å². The molecule has 0 spiro atoms. The lowest BCUT2D eigenvalue weighted by atomic mass is 10.1. The molecule has 2 N–H and O–H groups in total. The van der Waals surface area contributed by atoms with Gasteiger partial charge in [-0.3, -0.25) is 4.79 Å². The van der Waals surface area contributed by atoms with E-state index in [1.807, 2.05) is 38.1 Å². The van der Waals surface area contributed by atoms with Gasteiger partial charge in [-0.1, -0.05) is 39.0 Å². The van der Waals surface area contributed by atoms with Gasteiger partial charge in [0.05, 0.1) is 0 Å². The van der Waals surface area contributed by atoms with E-state index in [9.17, 15) is 4.79 Å². The van der Waals surface area contributed by atoms with Gasteiger partial charge >= 0.3 is 0 Å². The van der Waals surface area contributed by atoms with Crippen molar-refractivity contribution in [1.29, 1.82) is 0 Å². The first-order chi connectivity index (χ1) is 6.86. The van der Waals surface area contributed by atoms with Gasteiger partial charge < -0.3 is 5.73 Å². The SMILES string of the molecule is CC.CCc1cccc(C=O)c1.CN. The average molecular weight is 195 g/mol. The van der Waals surface area contributed by atoms with Gasteiger partial charge in [0.1, 0.15) is 6.29 Å². The van der Waals surface area contributed by atoms with Gasteiger partial charge in [-0.25, -0.2) is 0 Å². The minimum Gasteiger partial charge on any atom is -0.333 e. The van der Waals surface area contributed by atoms with Crippen molar-refractivity contribution >= 4 is 6.29 Å². The Hall–Kier alpha value is -1.15. The summed E-state index contributed by atoms with van der Waals surface area (Å²) in [6.45, 7) is 6.07. The Morgan fingerprint density at radius 3 is 2.29 bits per heavy atom. The van der Waals surface area contributed by atoms with E-state index in [1.54, 1.807) is 0 Å². The normalized spacial score (nSPS) is 7.50. The van der Waals surface area contributed by atoms with E-state index in [1.165, 1.54) is 12.6 Å². The highest BCUT2D eigenvalue weighted by Gasteiger charge is 1.89. The highest BCUT2D eigenvalue weighted by molar-refractivity contribution is 5.74. The summed E-state index contributed by atoms with van der Waals surface area (Å²) >= 11 is 0. The maximum atomic E-state index is 10.3. The predicted octanol–water partition coefficient (Wildman–Crippen LogP) is 2.66. The van der Waals surface area contributed by atoms with Gasteiger partial charge in [0.15, 0.2) is 0 Å². The van der Waals surface area contributed by atoms with Crippen molar-refractivity contribution in [3.63, 3.8) is 0 Å². The molecule has 0 aromatic heterocycles. The number of benzene rings is 1. The summed E-state index contributed by atoms with van der Waals surface area (Å²) in [7, 11) is 1.50. The molecule has 80 valence electrons. The molecule has 2 heteroatoms. The summed E-state index contributed by atoms with van der Waals surface area (Å²) in [6, 6.07) is 7.65. The van der Waals surface area contributed by atoms with Crippen LogP contribution in [0.1, 0.15) is 36.7 Å². The third-order valence-electron chi connectivity index (χ3n) is 1.50. The molecular formula is C12H21NO. The Labute approximate surface area is 87.1 Å². The molecular weight excluding hydrogens is 174 g/mol. The van der Waals surface area contributed by atoms with Crippen LogP contribution in [0.3, 0.4) is 0 Å². The van der Waals surface area contributed by atoms with Crippen molar-refractivity contribution in [2.45, 2.75) is 27.2 Å². The van der Waals surface area contributed by atoms with Gasteiger partial charge in [0.2, 0.25) is 0 Å². The van der Waals surface area contributed by atoms with Crippen LogP contribution in [0.2, 0.25) is 0 Å². The van der Waals surface area contributed by atoms with Crippen LogP contribution in [0, 0.1) is 0 Å². The van der Waals surface area contributed by atoms with E-state index in [0.717, 1.165) is 18.3 Å². The second-order valence-electron chi connectivity index (χ2n) is 2.22. The first-order valence-electron chi connectivity index (χ1n) is 4.98. The zero-order valence-electron chi connectivity index (χ0n) is 9.58. The van der Waals surface area contributed by atoms with Crippen molar-refractivity contribution < 1.29 is 4.79 Å². The molecule has 0 aliphatic carbocycles. The monoisotopic (exact) mass is 195 g/mol. The van der Waals surface area contributed by atoms with Crippen molar-refractivity contribution in [1.82, 2.24) is 0 Å². The van der Waals surface area contributed by atoms with E-state index >= 15 is 0 Å². The van der Waals surface area contributed by atoms with Crippen LogP contribution in [0.15, 0.2) is 24.3 Å². The summed E-state index contributed by atoms with van der Waals surface area (Å²) in [4.78, 5) is 10.3. The molecule has 1 aromatic rings. The van der Waals surface area contributed by atoms with Crippen LogP contribution < -0.4 is 5.73 Å². The summed E-state index contributed by atoms with van der Waals surface area (Å²) in [5.74, 6) is 0.